The molecule has 0 saturated heterocycles. The zero-order chi connectivity index (χ0) is 13.9. The van der Waals surface area contributed by atoms with Gasteiger partial charge in [0.1, 0.15) is 0 Å². The molecule has 0 heterocycles. The fraction of sp³-hybridized carbons (Fsp3) is 0.938. The van der Waals surface area contributed by atoms with Crippen LogP contribution in [-0.2, 0) is 4.79 Å². The number of carbonyl (C=O) groups is 1. The van der Waals surface area contributed by atoms with Gasteiger partial charge < -0.3 is 10.0 Å². The molecule has 4 aliphatic carbocycles. The maximum Gasteiger partial charge on any atom is 0.228 e. The van der Waals surface area contributed by atoms with E-state index < -0.39 is 0 Å². The minimum atomic E-state index is -0.118. The lowest BCUT2D eigenvalue weighted by molar-refractivity contribution is -0.178. The van der Waals surface area contributed by atoms with E-state index in [0.717, 1.165) is 25.2 Å². The van der Waals surface area contributed by atoms with Crippen molar-refractivity contribution in [2.24, 2.45) is 22.2 Å². The number of hydrogen-bond donors (Lipinski definition) is 1. The lowest BCUT2D eigenvalue weighted by Gasteiger charge is -2.65. The van der Waals surface area contributed by atoms with Crippen LogP contribution < -0.4 is 0 Å². The monoisotopic (exact) mass is 265 g/mol. The number of amides is 1. The molecule has 1 amide bonds. The predicted molar refractivity (Wildman–Crippen MR) is 74.6 cm³/mol. The smallest absolute Gasteiger partial charge is 0.228 e. The fourth-order valence-electron chi connectivity index (χ4n) is 6.34. The Kier molecular flexibility index (Phi) is 2.80. The maximum atomic E-state index is 12.9. The quantitative estimate of drug-likeness (QED) is 0.851. The lowest BCUT2D eigenvalue weighted by atomic mass is 9.40. The van der Waals surface area contributed by atoms with Crippen LogP contribution in [0.2, 0.25) is 0 Å². The SMILES string of the molecule is CN(CCO)C(=O)C12CC3CC(C)(CC(C)(C3)C1)C2. The lowest BCUT2D eigenvalue weighted by Crippen LogP contribution is -2.60. The van der Waals surface area contributed by atoms with E-state index >= 15 is 0 Å². The highest BCUT2D eigenvalue weighted by atomic mass is 16.3. The van der Waals surface area contributed by atoms with Gasteiger partial charge in [-0.05, 0) is 55.3 Å². The summed E-state index contributed by atoms with van der Waals surface area (Å²) in [5.41, 5.74) is 0.639. The molecule has 19 heavy (non-hydrogen) atoms. The van der Waals surface area contributed by atoms with Gasteiger partial charge in [0.15, 0.2) is 0 Å². The molecule has 0 aromatic carbocycles. The summed E-state index contributed by atoms with van der Waals surface area (Å²) < 4.78 is 0. The van der Waals surface area contributed by atoms with Gasteiger partial charge in [-0.2, -0.15) is 0 Å². The molecule has 0 radical (unpaired) electrons. The number of hydrogen-bond acceptors (Lipinski definition) is 2. The summed E-state index contributed by atoms with van der Waals surface area (Å²) in [7, 11) is 1.85. The van der Waals surface area contributed by atoms with E-state index in [0.29, 0.717) is 23.3 Å². The highest BCUT2D eigenvalue weighted by molar-refractivity contribution is 5.83. The van der Waals surface area contributed by atoms with E-state index in [1.807, 2.05) is 7.05 Å². The molecule has 4 saturated carbocycles. The molecule has 4 rings (SSSR count). The maximum absolute atomic E-state index is 12.9. The normalized spacial score (nSPS) is 47.5. The van der Waals surface area contributed by atoms with Crippen molar-refractivity contribution in [1.29, 1.82) is 0 Å². The predicted octanol–water partition coefficient (Wildman–Crippen LogP) is 2.43. The summed E-state index contributed by atoms with van der Waals surface area (Å²) in [6.07, 6.45) is 7.17. The molecule has 1 N–H and O–H groups in total. The first kappa shape index (κ1) is 13.4. The molecule has 108 valence electrons. The Hall–Kier alpha value is -0.570. The number of nitrogens with zero attached hydrogens (tertiary/aromatic N) is 1. The molecule has 0 aromatic heterocycles. The minimum absolute atomic E-state index is 0.0658. The topological polar surface area (TPSA) is 40.5 Å². The largest absolute Gasteiger partial charge is 0.395 e. The van der Waals surface area contributed by atoms with Crippen molar-refractivity contribution in [3.63, 3.8) is 0 Å². The molecule has 4 aliphatic rings. The number of rotatable bonds is 3. The molecule has 0 aliphatic heterocycles. The van der Waals surface area contributed by atoms with Gasteiger partial charge in [0, 0.05) is 13.6 Å². The fourth-order valence-corrected chi connectivity index (χ4v) is 6.34. The van der Waals surface area contributed by atoms with Gasteiger partial charge in [0.05, 0.1) is 12.0 Å². The minimum Gasteiger partial charge on any atom is -0.395 e. The number of aliphatic hydroxyl groups is 1. The molecule has 4 fully saturated rings. The molecule has 2 atom stereocenters. The molecule has 0 aromatic rings. The van der Waals surface area contributed by atoms with Gasteiger partial charge in [-0.25, -0.2) is 0 Å². The Labute approximate surface area is 116 Å². The Morgan fingerprint density at radius 2 is 1.74 bits per heavy atom. The summed E-state index contributed by atoms with van der Waals surface area (Å²) in [5.74, 6) is 1.04. The molecular weight excluding hydrogens is 238 g/mol. The first-order chi connectivity index (χ1) is 8.80. The van der Waals surface area contributed by atoms with Crippen LogP contribution in [0.4, 0.5) is 0 Å². The highest BCUT2D eigenvalue weighted by Crippen LogP contribution is 2.69. The Morgan fingerprint density at radius 1 is 1.16 bits per heavy atom. The van der Waals surface area contributed by atoms with Crippen molar-refractivity contribution in [3.05, 3.63) is 0 Å². The summed E-state index contributed by atoms with van der Waals surface area (Å²) >= 11 is 0. The van der Waals surface area contributed by atoms with Crippen LogP contribution >= 0.6 is 0 Å². The van der Waals surface area contributed by atoms with Gasteiger partial charge in [0.2, 0.25) is 5.91 Å². The van der Waals surface area contributed by atoms with E-state index in [1.165, 1.54) is 19.3 Å². The number of aliphatic hydroxyl groups excluding tert-OH is 1. The van der Waals surface area contributed by atoms with Gasteiger partial charge >= 0.3 is 0 Å². The standard InChI is InChI=1S/C16H27NO2/c1-14-6-12-7-15(2,9-14)11-16(8-12,10-14)13(19)17(3)4-5-18/h12,18H,4-11H2,1-3H3. The number of carbonyl (C=O) groups excluding carboxylic acids is 1. The van der Waals surface area contributed by atoms with Crippen LogP contribution in [0.15, 0.2) is 0 Å². The molecule has 2 unspecified atom stereocenters. The second-order valence-corrected chi connectivity index (χ2v) is 8.36. The van der Waals surface area contributed by atoms with Crippen molar-refractivity contribution < 1.29 is 9.90 Å². The summed E-state index contributed by atoms with van der Waals surface area (Å²) in [6.45, 7) is 5.32. The number of likely N-dealkylation sites (N-methyl/N-ethyl adjacent to an activating group) is 1. The third-order valence-corrected chi connectivity index (χ3v) is 5.86. The summed E-state index contributed by atoms with van der Waals surface area (Å²) in [6, 6.07) is 0. The molecule has 3 heteroatoms. The Bertz CT molecular complexity index is 388. The van der Waals surface area contributed by atoms with Crippen LogP contribution in [0.3, 0.4) is 0 Å². The molecule has 0 spiro atoms. The van der Waals surface area contributed by atoms with Gasteiger partial charge in [-0.3, -0.25) is 4.79 Å². The first-order valence-corrected chi connectivity index (χ1v) is 7.66. The highest BCUT2D eigenvalue weighted by Gasteiger charge is 2.63. The molecule has 3 nitrogen and oxygen atoms in total. The van der Waals surface area contributed by atoms with Crippen LogP contribution in [-0.4, -0.2) is 36.1 Å². The average Bonchev–Trinajstić information content (AvgIpc) is 2.23. The van der Waals surface area contributed by atoms with Gasteiger partial charge in [0.25, 0.3) is 0 Å². The Morgan fingerprint density at radius 3 is 2.21 bits per heavy atom. The molecule has 4 bridgehead atoms. The van der Waals surface area contributed by atoms with E-state index in [9.17, 15) is 4.79 Å². The van der Waals surface area contributed by atoms with Gasteiger partial charge in [-0.1, -0.05) is 13.8 Å². The van der Waals surface area contributed by atoms with E-state index in [4.69, 9.17) is 5.11 Å². The first-order valence-electron chi connectivity index (χ1n) is 7.66. The third-order valence-electron chi connectivity index (χ3n) is 5.86. The van der Waals surface area contributed by atoms with Crippen molar-refractivity contribution in [2.75, 3.05) is 20.2 Å². The molecular formula is C16H27NO2. The Balaban J connectivity index is 1.90. The summed E-state index contributed by atoms with van der Waals surface area (Å²) in [4.78, 5) is 14.6. The van der Waals surface area contributed by atoms with E-state index in [2.05, 4.69) is 13.8 Å². The van der Waals surface area contributed by atoms with Crippen LogP contribution in [0.1, 0.15) is 52.4 Å². The van der Waals surface area contributed by atoms with Crippen LogP contribution in [0.5, 0.6) is 0 Å². The zero-order valence-corrected chi connectivity index (χ0v) is 12.5. The second kappa shape index (κ2) is 3.97. The van der Waals surface area contributed by atoms with Crippen molar-refractivity contribution >= 4 is 5.91 Å². The van der Waals surface area contributed by atoms with Crippen molar-refractivity contribution in [1.82, 2.24) is 4.90 Å². The van der Waals surface area contributed by atoms with Crippen LogP contribution in [0, 0.1) is 22.2 Å². The zero-order valence-electron chi connectivity index (χ0n) is 12.5. The summed E-state index contributed by atoms with van der Waals surface area (Å²) in [5, 5.41) is 9.07. The average molecular weight is 265 g/mol. The second-order valence-electron chi connectivity index (χ2n) is 8.36. The van der Waals surface area contributed by atoms with E-state index in [-0.39, 0.29) is 12.0 Å². The van der Waals surface area contributed by atoms with Crippen LogP contribution in [0.25, 0.3) is 0 Å². The van der Waals surface area contributed by atoms with Crippen molar-refractivity contribution in [2.45, 2.75) is 52.4 Å². The third kappa shape index (κ3) is 2.01. The van der Waals surface area contributed by atoms with Gasteiger partial charge in [-0.15, -0.1) is 0 Å². The van der Waals surface area contributed by atoms with E-state index in [1.54, 1.807) is 4.90 Å². The van der Waals surface area contributed by atoms with Crippen molar-refractivity contribution in [3.8, 4) is 0 Å².